The Bertz CT molecular complexity index is 624. The number of ether oxygens (including phenoxy) is 1. The molecule has 1 aromatic carbocycles. The highest BCUT2D eigenvalue weighted by atomic mass is 127. The number of benzene rings is 1. The van der Waals surface area contributed by atoms with Crippen molar-refractivity contribution in [3.05, 3.63) is 35.9 Å². The van der Waals surface area contributed by atoms with Gasteiger partial charge in [-0.05, 0) is 32.3 Å². The van der Waals surface area contributed by atoms with E-state index in [0.29, 0.717) is 13.2 Å². The van der Waals surface area contributed by atoms with Gasteiger partial charge in [-0.2, -0.15) is 0 Å². The second-order valence-corrected chi connectivity index (χ2v) is 7.61. The van der Waals surface area contributed by atoms with Crippen LogP contribution in [0.1, 0.15) is 52.2 Å². The maximum atomic E-state index is 12.1. The van der Waals surface area contributed by atoms with Gasteiger partial charge in [0.05, 0.1) is 6.10 Å². The van der Waals surface area contributed by atoms with Crippen molar-refractivity contribution < 1.29 is 9.53 Å². The number of carbonyl (C=O) groups excluding carboxylic acids is 1. The first-order valence-electron chi connectivity index (χ1n) is 10.5. The monoisotopic (exact) mass is 516 g/mol. The van der Waals surface area contributed by atoms with Crippen molar-refractivity contribution in [1.29, 1.82) is 0 Å². The molecule has 2 unspecified atom stereocenters. The lowest BCUT2D eigenvalue weighted by Gasteiger charge is -2.20. The van der Waals surface area contributed by atoms with Crippen LogP contribution < -0.4 is 10.6 Å². The zero-order valence-electron chi connectivity index (χ0n) is 18.2. The molecule has 2 atom stereocenters. The van der Waals surface area contributed by atoms with Crippen LogP contribution in [0.4, 0.5) is 0 Å². The van der Waals surface area contributed by atoms with Gasteiger partial charge < -0.3 is 20.3 Å². The molecule has 1 aliphatic heterocycles. The molecule has 164 valence electrons. The molecule has 0 saturated carbocycles. The van der Waals surface area contributed by atoms with Crippen LogP contribution >= 0.6 is 24.0 Å². The Morgan fingerprint density at radius 3 is 2.66 bits per heavy atom. The second kappa shape index (κ2) is 13.8. The van der Waals surface area contributed by atoms with E-state index >= 15 is 0 Å². The van der Waals surface area contributed by atoms with E-state index in [4.69, 9.17) is 4.74 Å². The highest BCUT2D eigenvalue weighted by Crippen LogP contribution is 2.16. The number of hydrogen-bond donors (Lipinski definition) is 2. The first kappa shape index (κ1) is 25.7. The molecule has 1 aromatic rings. The number of amides is 1. The lowest BCUT2D eigenvalue weighted by molar-refractivity contribution is -0.133. The van der Waals surface area contributed by atoms with Gasteiger partial charge in [0.2, 0.25) is 5.91 Å². The lowest BCUT2D eigenvalue weighted by atomic mass is 10.1. The van der Waals surface area contributed by atoms with Crippen molar-refractivity contribution in [2.75, 3.05) is 32.8 Å². The number of halogens is 1. The number of rotatable bonds is 9. The summed E-state index contributed by atoms with van der Waals surface area (Å²) in [5.74, 6) is 1.11. The molecular weight excluding hydrogens is 479 g/mol. The van der Waals surface area contributed by atoms with Gasteiger partial charge in [0.1, 0.15) is 0 Å². The lowest BCUT2D eigenvalue weighted by Crippen LogP contribution is -2.45. The van der Waals surface area contributed by atoms with Gasteiger partial charge >= 0.3 is 0 Å². The number of hydrogen-bond acceptors (Lipinski definition) is 3. The molecule has 1 amide bonds. The van der Waals surface area contributed by atoms with Crippen molar-refractivity contribution >= 4 is 35.8 Å². The van der Waals surface area contributed by atoms with E-state index in [0.717, 1.165) is 38.4 Å². The molecule has 7 heteroatoms. The molecular formula is C22H37IN4O2. The van der Waals surface area contributed by atoms with Gasteiger partial charge in [0, 0.05) is 44.7 Å². The van der Waals surface area contributed by atoms with Crippen LogP contribution in [0, 0.1) is 5.92 Å². The van der Waals surface area contributed by atoms with Crippen molar-refractivity contribution in [2.24, 2.45) is 10.9 Å². The third kappa shape index (κ3) is 8.90. The quantitative estimate of drug-likeness (QED) is 0.228. The summed E-state index contributed by atoms with van der Waals surface area (Å²) in [6.07, 6.45) is 1.93. The number of carbonyl (C=O) groups is 1. The van der Waals surface area contributed by atoms with E-state index in [1.807, 2.05) is 36.9 Å². The molecule has 6 nitrogen and oxygen atoms in total. The van der Waals surface area contributed by atoms with Gasteiger partial charge in [-0.25, -0.2) is 0 Å². The zero-order chi connectivity index (χ0) is 20.4. The third-order valence-electron chi connectivity index (χ3n) is 4.89. The minimum atomic E-state index is 0. The smallest absolute Gasteiger partial charge is 0.225 e. The summed E-state index contributed by atoms with van der Waals surface area (Å²) in [4.78, 5) is 18.8. The minimum Gasteiger partial charge on any atom is -0.374 e. The fourth-order valence-corrected chi connectivity index (χ4v) is 3.29. The Kier molecular flexibility index (Phi) is 12.2. The summed E-state index contributed by atoms with van der Waals surface area (Å²) in [5.41, 5.74) is 1.20. The molecule has 0 aliphatic carbocycles. The number of nitrogens with one attached hydrogen (secondary N) is 2. The Balaban J connectivity index is 0.00000420. The van der Waals surface area contributed by atoms with E-state index in [-0.39, 0.29) is 47.9 Å². The van der Waals surface area contributed by atoms with E-state index < -0.39 is 0 Å². The molecule has 29 heavy (non-hydrogen) atoms. The molecule has 1 aliphatic rings. The summed E-state index contributed by atoms with van der Waals surface area (Å²) < 4.78 is 5.91. The van der Waals surface area contributed by atoms with Gasteiger partial charge in [-0.3, -0.25) is 9.79 Å². The summed E-state index contributed by atoms with van der Waals surface area (Å²) in [5, 5.41) is 6.77. The normalized spacial score (nSPS) is 17.8. The van der Waals surface area contributed by atoms with Gasteiger partial charge in [0.15, 0.2) is 5.96 Å². The minimum absolute atomic E-state index is 0. The van der Waals surface area contributed by atoms with Crippen LogP contribution in [0.15, 0.2) is 35.3 Å². The molecule has 1 fully saturated rings. The molecule has 1 heterocycles. The third-order valence-corrected chi connectivity index (χ3v) is 4.89. The van der Waals surface area contributed by atoms with Crippen molar-refractivity contribution in [2.45, 2.75) is 52.7 Å². The maximum Gasteiger partial charge on any atom is 0.225 e. The Labute approximate surface area is 192 Å². The van der Waals surface area contributed by atoms with Gasteiger partial charge in [-0.15, -0.1) is 24.0 Å². The average Bonchev–Trinajstić information content (AvgIpc) is 3.16. The summed E-state index contributed by atoms with van der Waals surface area (Å²) >= 11 is 0. The maximum absolute atomic E-state index is 12.1. The fraction of sp³-hybridized carbons (Fsp3) is 0.636. The number of guanidine groups is 1. The van der Waals surface area contributed by atoms with Crippen LogP contribution in [0.2, 0.25) is 0 Å². The van der Waals surface area contributed by atoms with Crippen molar-refractivity contribution in [1.82, 2.24) is 15.5 Å². The fourth-order valence-electron chi connectivity index (χ4n) is 3.29. The highest BCUT2D eigenvalue weighted by molar-refractivity contribution is 14.0. The van der Waals surface area contributed by atoms with Crippen LogP contribution in [-0.2, 0) is 9.53 Å². The molecule has 1 saturated heterocycles. The van der Waals surface area contributed by atoms with Crippen LogP contribution in [0.5, 0.6) is 0 Å². The summed E-state index contributed by atoms with van der Waals surface area (Å²) in [6.45, 7) is 11.8. The molecule has 2 rings (SSSR count). The summed E-state index contributed by atoms with van der Waals surface area (Å²) in [6, 6.07) is 10.5. The Hall–Kier alpha value is -1.35. The number of likely N-dealkylation sites (tertiary alicyclic amines) is 1. The van der Waals surface area contributed by atoms with Crippen molar-refractivity contribution in [3.8, 4) is 0 Å². The average molecular weight is 516 g/mol. The van der Waals surface area contributed by atoms with E-state index in [2.05, 4.69) is 41.6 Å². The predicted octanol–water partition coefficient (Wildman–Crippen LogP) is 3.58. The Morgan fingerprint density at radius 2 is 2.00 bits per heavy atom. The van der Waals surface area contributed by atoms with E-state index in [9.17, 15) is 4.79 Å². The predicted molar refractivity (Wildman–Crippen MR) is 130 cm³/mol. The first-order chi connectivity index (χ1) is 13.5. The highest BCUT2D eigenvalue weighted by Gasteiger charge is 2.27. The number of nitrogens with zero attached hydrogens (tertiary/aromatic N) is 2. The topological polar surface area (TPSA) is 66.0 Å². The SMILES string of the molecule is CCNC(=NCCCOC(C)c1ccccc1)NC1CCN(C(=O)C(C)C)C1.I. The molecule has 0 aromatic heterocycles. The van der Waals surface area contributed by atoms with Crippen LogP contribution in [0.25, 0.3) is 0 Å². The molecule has 2 N–H and O–H groups in total. The van der Waals surface area contributed by atoms with E-state index in [1.165, 1.54) is 5.56 Å². The summed E-state index contributed by atoms with van der Waals surface area (Å²) in [7, 11) is 0. The zero-order valence-corrected chi connectivity index (χ0v) is 20.5. The van der Waals surface area contributed by atoms with Crippen LogP contribution in [-0.4, -0.2) is 55.6 Å². The van der Waals surface area contributed by atoms with Crippen LogP contribution in [0.3, 0.4) is 0 Å². The standard InChI is InChI=1S/C22H36N4O2.HI/c1-5-23-22(25-20-12-14-26(16-20)21(27)17(2)3)24-13-9-15-28-18(4)19-10-7-6-8-11-19;/h6-8,10-11,17-18,20H,5,9,12-16H2,1-4H3,(H2,23,24,25);1H. The first-order valence-corrected chi connectivity index (χ1v) is 10.5. The number of aliphatic imine (C=N–C) groups is 1. The molecule has 0 spiro atoms. The van der Waals surface area contributed by atoms with E-state index in [1.54, 1.807) is 0 Å². The Morgan fingerprint density at radius 1 is 1.28 bits per heavy atom. The van der Waals surface area contributed by atoms with Gasteiger partial charge in [0.25, 0.3) is 0 Å². The van der Waals surface area contributed by atoms with Crippen molar-refractivity contribution in [3.63, 3.8) is 0 Å². The second-order valence-electron chi connectivity index (χ2n) is 7.61. The van der Waals surface area contributed by atoms with Gasteiger partial charge in [-0.1, -0.05) is 44.2 Å². The molecule has 0 bridgehead atoms. The largest absolute Gasteiger partial charge is 0.374 e. The molecule has 0 radical (unpaired) electrons.